The summed E-state index contributed by atoms with van der Waals surface area (Å²) in [5.74, 6) is -0.246. The van der Waals surface area contributed by atoms with Gasteiger partial charge in [-0.1, -0.05) is 0 Å². The van der Waals surface area contributed by atoms with Gasteiger partial charge in [0.15, 0.2) is 0 Å². The van der Waals surface area contributed by atoms with Crippen molar-refractivity contribution in [2.75, 3.05) is 5.01 Å². The van der Waals surface area contributed by atoms with Gasteiger partial charge in [-0.25, -0.2) is 4.68 Å². The molecule has 0 bridgehead atoms. The van der Waals surface area contributed by atoms with E-state index in [4.69, 9.17) is 0 Å². The maximum atomic E-state index is 13.0. The summed E-state index contributed by atoms with van der Waals surface area (Å²) in [6.45, 7) is 3.59. The minimum atomic E-state index is -0.246. The van der Waals surface area contributed by atoms with E-state index in [0.29, 0.717) is 28.2 Å². The fourth-order valence-corrected chi connectivity index (χ4v) is 3.81. The molecule has 4 rings (SSSR count). The molecule has 146 valence electrons. The number of aryl methyl sites for hydroxylation is 1. The molecule has 1 aliphatic heterocycles. The molecule has 8 heteroatoms. The summed E-state index contributed by atoms with van der Waals surface area (Å²) in [7, 11) is 0. The number of hydrogen-bond donors (Lipinski definition) is 1. The second-order valence-corrected chi connectivity index (χ2v) is 9.10. The van der Waals surface area contributed by atoms with Gasteiger partial charge in [0, 0.05) is 12.8 Å². The van der Waals surface area contributed by atoms with Crippen LogP contribution in [0.3, 0.4) is 0 Å². The molecule has 3 aromatic rings. The van der Waals surface area contributed by atoms with E-state index in [0.717, 1.165) is 12.8 Å². The standard InChI is InChI=1S/C21H16I2N4O2/c1-12-18(20(28)26(24-12)16-7-3-14(22)4-8-16)11-19-13(2)25-27(21(19)29)17-9-5-15(23)6-10-17/h3-11,24H,1-2H3/b19-11+. The minimum Gasteiger partial charge on any atom is -0.295 e. The Bertz CT molecular complexity index is 1220. The van der Waals surface area contributed by atoms with Gasteiger partial charge in [-0.2, -0.15) is 10.1 Å². The number of halogens is 2. The Labute approximate surface area is 194 Å². The topological polar surface area (TPSA) is 70.5 Å². The van der Waals surface area contributed by atoms with E-state index in [1.807, 2.05) is 55.5 Å². The molecule has 1 aliphatic rings. The third-order valence-corrected chi connectivity index (χ3v) is 6.06. The van der Waals surface area contributed by atoms with Crippen molar-refractivity contribution in [2.24, 2.45) is 5.10 Å². The zero-order valence-electron chi connectivity index (χ0n) is 15.6. The van der Waals surface area contributed by atoms with Crippen LogP contribution < -0.4 is 10.6 Å². The Morgan fingerprint density at radius 3 is 2.03 bits per heavy atom. The second-order valence-electron chi connectivity index (χ2n) is 6.60. The lowest BCUT2D eigenvalue weighted by atomic mass is 10.1. The fourth-order valence-electron chi connectivity index (χ4n) is 3.09. The Hall–Kier alpha value is -2.21. The van der Waals surface area contributed by atoms with Crippen LogP contribution in [-0.4, -0.2) is 21.4 Å². The number of aromatic nitrogens is 2. The normalized spacial score (nSPS) is 15.3. The van der Waals surface area contributed by atoms with Gasteiger partial charge in [0.05, 0.1) is 28.2 Å². The van der Waals surface area contributed by atoms with Gasteiger partial charge < -0.3 is 0 Å². The van der Waals surface area contributed by atoms with Crippen LogP contribution in [0.2, 0.25) is 0 Å². The summed E-state index contributed by atoms with van der Waals surface area (Å²) in [6.07, 6.45) is 1.63. The minimum absolute atomic E-state index is 0.204. The van der Waals surface area contributed by atoms with E-state index in [2.05, 4.69) is 55.4 Å². The van der Waals surface area contributed by atoms with Crippen LogP contribution in [0.25, 0.3) is 11.8 Å². The van der Waals surface area contributed by atoms with Gasteiger partial charge in [-0.3, -0.25) is 14.7 Å². The summed E-state index contributed by atoms with van der Waals surface area (Å²) >= 11 is 4.43. The van der Waals surface area contributed by atoms with Crippen molar-refractivity contribution in [1.82, 2.24) is 9.78 Å². The Morgan fingerprint density at radius 1 is 0.897 bits per heavy atom. The van der Waals surface area contributed by atoms with Crippen molar-refractivity contribution in [3.8, 4) is 5.69 Å². The first-order valence-corrected chi connectivity index (χ1v) is 11.0. The highest BCUT2D eigenvalue weighted by molar-refractivity contribution is 14.1. The number of carbonyl (C=O) groups excluding carboxylic acids is 1. The third-order valence-electron chi connectivity index (χ3n) is 4.62. The fraction of sp³-hybridized carbons (Fsp3) is 0.0952. The molecule has 0 fully saturated rings. The molecule has 0 aliphatic carbocycles. The number of H-pyrrole nitrogens is 1. The molecule has 29 heavy (non-hydrogen) atoms. The highest BCUT2D eigenvalue weighted by Gasteiger charge is 2.29. The van der Waals surface area contributed by atoms with Crippen molar-refractivity contribution in [3.63, 3.8) is 0 Å². The van der Waals surface area contributed by atoms with E-state index in [1.54, 1.807) is 13.0 Å². The average Bonchev–Trinajstić information content (AvgIpc) is 3.14. The van der Waals surface area contributed by atoms with Crippen molar-refractivity contribution in [3.05, 3.63) is 82.9 Å². The smallest absolute Gasteiger partial charge is 0.280 e. The Morgan fingerprint density at radius 2 is 1.45 bits per heavy atom. The molecule has 0 saturated heterocycles. The van der Waals surface area contributed by atoms with Gasteiger partial charge >= 0.3 is 0 Å². The Balaban J connectivity index is 1.72. The maximum absolute atomic E-state index is 13.0. The van der Waals surface area contributed by atoms with E-state index in [1.165, 1.54) is 9.69 Å². The van der Waals surface area contributed by atoms with E-state index < -0.39 is 0 Å². The van der Waals surface area contributed by atoms with Crippen LogP contribution in [-0.2, 0) is 4.79 Å². The van der Waals surface area contributed by atoms with Crippen LogP contribution in [0, 0.1) is 14.1 Å². The first kappa shape index (κ1) is 20.1. The van der Waals surface area contributed by atoms with Crippen LogP contribution >= 0.6 is 45.2 Å². The van der Waals surface area contributed by atoms with Gasteiger partial charge in [0.2, 0.25) is 0 Å². The molecule has 2 aromatic carbocycles. The molecule has 0 unspecified atom stereocenters. The van der Waals surface area contributed by atoms with Crippen LogP contribution in [0.5, 0.6) is 0 Å². The molecular weight excluding hydrogens is 594 g/mol. The number of aromatic amines is 1. The number of amides is 1. The zero-order valence-corrected chi connectivity index (χ0v) is 19.9. The summed E-state index contributed by atoms with van der Waals surface area (Å²) in [4.78, 5) is 25.9. The van der Waals surface area contributed by atoms with Gasteiger partial charge in [0.25, 0.3) is 11.5 Å². The highest BCUT2D eigenvalue weighted by atomic mass is 127. The molecule has 1 aromatic heterocycles. The van der Waals surface area contributed by atoms with Gasteiger partial charge in [-0.15, -0.1) is 0 Å². The summed E-state index contributed by atoms with van der Waals surface area (Å²) in [5.41, 5.74) is 3.36. The lowest BCUT2D eigenvalue weighted by molar-refractivity contribution is -0.114. The third kappa shape index (κ3) is 3.82. The van der Waals surface area contributed by atoms with Crippen molar-refractivity contribution in [1.29, 1.82) is 0 Å². The number of carbonyl (C=O) groups is 1. The van der Waals surface area contributed by atoms with Gasteiger partial charge in [-0.05, 0) is 114 Å². The first-order valence-electron chi connectivity index (χ1n) is 8.80. The predicted molar refractivity (Wildman–Crippen MR) is 132 cm³/mol. The number of benzene rings is 2. The summed E-state index contributed by atoms with van der Waals surface area (Å²) in [6, 6.07) is 15.2. The van der Waals surface area contributed by atoms with Crippen molar-refractivity contribution >= 4 is 68.6 Å². The average molecular weight is 610 g/mol. The zero-order chi connectivity index (χ0) is 20.7. The lowest BCUT2D eigenvalue weighted by Crippen LogP contribution is -2.22. The quantitative estimate of drug-likeness (QED) is 0.351. The molecule has 0 spiro atoms. The molecule has 6 nitrogen and oxygen atoms in total. The van der Waals surface area contributed by atoms with E-state index in [9.17, 15) is 9.59 Å². The summed E-state index contributed by atoms with van der Waals surface area (Å²) < 4.78 is 3.65. The first-order chi connectivity index (χ1) is 13.8. The molecule has 1 N–H and O–H groups in total. The highest BCUT2D eigenvalue weighted by Crippen LogP contribution is 2.25. The largest absolute Gasteiger partial charge is 0.295 e. The number of hydrazone groups is 1. The van der Waals surface area contributed by atoms with Gasteiger partial charge in [0.1, 0.15) is 0 Å². The predicted octanol–water partition coefficient (Wildman–Crippen LogP) is 4.49. The van der Waals surface area contributed by atoms with Crippen molar-refractivity contribution < 1.29 is 4.79 Å². The number of hydrogen-bond acceptors (Lipinski definition) is 3. The lowest BCUT2D eigenvalue weighted by Gasteiger charge is -2.11. The number of rotatable bonds is 3. The van der Waals surface area contributed by atoms with Crippen LogP contribution in [0.15, 0.2) is 64.0 Å². The molecule has 0 radical (unpaired) electrons. The second kappa shape index (κ2) is 7.90. The molecule has 0 atom stereocenters. The van der Waals surface area contributed by atoms with E-state index >= 15 is 0 Å². The molecule has 0 saturated carbocycles. The molecular formula is C21H16I2N4O2. The SMILES string of the molecule is CC1=NN(c2ccc(I)cc2)C(=O)/C1=C/c1c(C)[nH]n(-c2ccc(I)cc2)c1=O. The maximum Gasteiger partial charge on any atom is 0.280 e. The van der Waals surface area contributed by atoms with Crippen LogP contribution in [0.1, 0.15) is 18.2 Å². The molecule has 1 amide bonds. The molecule has 2 heterocycles. The number of nitrogens with zero attached hydrogens (tertiary/aromatic N) is 3. The van der Waals surface area contributed by atoms with Crippen LogP contribution in [0.4, 0.5) is 5.69 Å². The summed E-state index contributed by atoms with van der Waals surface area (Å²) in [5, 5.41) is 8.86. The van der Waals surface area contributed by atoms with E-state index in [-0.39, 0.29) is 11.5 Å². The number of nitrogens with one attached hydrogen (secondary N) is 1. The Kier molecular flexibility index (Phi) is 5.47. The van der Waals surface area contributed by atoms with Crippen molar-refractivity contribution in [2.45, 2.75) is 13.8 Å². The monoisotopic (exact) mass is 610 g/mol. The number of anilines is 1.